The van der Waals surface area contributed by atoms with Crippen LogP contribution in [0.5, 0.6) is 17.2 Å². The molecule has 0 aliphatic carbocycles. The minimum absolute atomic E-state index is 0.0789. The summed E-state index contributed by atoms with van der Waals surface area (Å²) in [7, 11) is 0. The van der Waals surface area contributed by atoms with E-state index in [0.29, 0.717) is 24.6 Å². The number of phenols is 1. The van der Waals surface area contributed by atoms with Gasteiger partial charge >= 0.3 is 0 Å². The van der Waals surface area contributed by atoms with Gasteiger partial charge in [0.1, 0.15) is 18.4 Å². The summed E-state index contributed by atoms with van der Waals surface area (Å²) in [5.41, 5.74) is 2.12. The number of fused-ring (bicyclic) bond motifs is 1. The lowest BCUT2D eigenvalue weighted by atomic mass is 10.1. The molecule has 0 spiro atoms. The van der Waals surface area contributed by atoms with Crippen molar-refractivity contribution in [2.24, 2.45) is 0 Å². The van der Waals surface area contributed by atoms with Crippen molar-refractivity contribution in [2.45, 2.75) is 13.1 Å². The number of amides is 1. The topological polar surface area (TPSA) is 98.5 Å². The molecule has 0 fully saturated rings. The minimum atomic E-state index is -0.392. The summed E-state index contributed by atoms with van der Waals surface area (Å²) in [6.45, 7) is 0.953. The number of phenolic OH excluding ortho intramolecular Hbond substituents is 1. The molecule has 8 heteroatoms. The number of aromatic hydroxyl groups is 1. The molecule has 4 rings (SSSR count). The van der Waals surface area contributed by atoms with Crippen LogP contribution in [0.25, 0.3) is 0 Å². The molecule has 0 saturated heterocycles. The average molecular weight is 352 g/mol. The molecule has 0 atom stereocenters. The quantitative estimate of drug-likeness (QED) is 0.725. The average Bonchev–Trinajstić information content (AvgIpc) is 3.31. The van der Waals surface area contributed by atoms with Gasteiger partial charge in [-0.25, -0.2) is 9.67 Å². The van der Waals surface area contributed by atoms with Gasteiger partial charge in [0.05, 0.1) is 12.1 Å². The molecule has 0 saturated carbocycles. The fourth-order valence-electron chi connectivity index (χ4n) is 2.76. The normalized spacial score (nSPS) is 12.2. The number of nitrogens with one attached hydrogen (secondary N) is 1. The zero-order valence-corrected chi connectivity index (χ0v) is 13.8. The summed E-state index contributed by atoms with van der Waals surface area (Å²) >= 11 is 0. The minimum Gasteiger partial charge on any atom is -0.507 e. The zero-order chi connectivity index (χ0) is 17.9. The second-order valence-electron chi connectivity index (χ2n) is 5.77. The van der Waals surface area contributed by atoms with Crippen LogP contribution in [-0.4, -0.2) is 32.6 Å². The van der Waals surface area contributed by atoms with Crippen molar-refractivity contribution in [1.82, 2.24) is 20.1 Å². The molecule has 2 aromatic carbocycles. The van der Waals surface area contributed by atoms with E-state index < -0.39 is 5.91 Å². The molecule has 2 N–H and O–H groups in total. The van der Waals surface area contributed by atoms with Gasteiger partial charge in [-0.3, -0.25) is 4.79 Å². The molecule has 0 unspecified atom stereocenters. The lowest BCUT2D eigenvalue weighted by Gasteiger charge is -2.11. The molecule has 0 bridgehead atoms. The fraction of sp³-hybridized carbons (Fsp3) is 0.167. The Kier molecular flexibility index (Phi) is 4.14. The van der Waals surface area contributed by atoms with Crippen LogP contribution in [0, 0.1) is 0 Å². The Morgan fingerprint density at radius 1 is 1.19 bits per heavy atom. The van der Waals surface area contributed by atoms with Crippen LogP contribution >= 0.6 is 0 Å². The summed E-state index contributed by atoms with van der Waals surface area (Å²) in [4.78, 5) is 16.4. The van der Waals surface area contributed by atoms with Gasteiger partial charge in [-0.15, -0.1) is 0 Å². The molecule has 132 valence electrons. The smallest absolute Gasteiger partial charge is 0.255 e. The van der Waals surface area contributed by atoms with Crippen molar-refractivity contribution in [2.75, 3.05) is 6.79 Å². The van der Waals surface area contributed by atoms with Crippen LogP contribution in [0.4, 0.5) is 0 Å². The highest BCUT2D eigenvalue weighted by molar-refractivity contribution is 5.97. The van der Waals surface area contributed by atoms with E-state index in [1.165, 1.54) is 18.5 Å². The van der Waals surface area contributed by atoms with Crippen LogP contribution in [-0.2, 0) is 13.1 Å². The van der Waals surface area contributed by atoms with E-state index in [-0.39, 0.29) is 18.1 Å². The summed E-state index contributed by atoms with van der Waals surface area (Å²) in [6.07, 6.45) is 3.12. The van der Waals surface area contributed by atoms with Crippen molar-refractivity contribution in [3.8, 4) is 17.2 Å². The second kappa shape index (κ2) is 6.75. The predicted octanol–water partition coefficient (Wildman–Crippen LogP) is 1.69. The van der Waals surface area contributed by atoms with Gasteiger partial charge in [-0.2, -0.15) is 5.10 Å². The predicted molar refractivity (Wildman–Crippen MR) is 91.0 cm³/mol. The third kappa shape index (κ3) is 3.16. The first-order chi connectivity index (χ1) is 12.7. The molecule has 26 heavy (non-hydrogen) atoms. The third-order valence-corrected chi connectivity index (χ3v) is 4.09. The number of hydrogen-bond donors (Lipinski definition) is 2. The van der Waals surface area contributed by atoms with E-state index in [9.17, 15) is 9.90 Å². The number of ether oxygens (including phenoxy) is 2. The Hall–Kier alpha value is -3.55. The molecule has 3 aromatic rings. The Labute approximate surface area is 149 Å². The van der Waals surface area contributed by atoms with Crippen LogP contribution in [0.15, 0.2) is 49.1 Å². The highest BCUT2D eigenvalue weighted by atomic mass is 16.7. The van der Waals surface area contributed by atoms with Crippen molar-refractivity contribution in [1.29, 1.82) is 0 Å². The Balaban J connectivity index is 1.49. The van der Waals surface area contributed by atoms with Gasteiger partial charge in [-0.05, 0) is 11.1 Å². The van der Waals surface area contributed by atoms with E-state index >= 15 is 0 Å². The molecule has 2 heterocycles. The van der Waals surface area contributed by atoms with Crippen LogP contribution in [0.3, 0.4) is 0 Å². The van der Waals surface area contributed by atoms with Gasteiger partial charge in [0.2, 0.25) is 6.79 Å². The first kappa shape index (κ1) is 15.9. The number of nitrogens with zero attached hydrogens (tertiary/aromatic N) is 3. The number of aromatic nitrogens is 3. The maximum Gasteiger partial charge on any atom is 0.255 e. The number of rotatable bonds is 5. The maximum absolute atomic E-state index is 12.5. The van der Waals surface area contributed by atoms with E-state index in [4.69, 9.17) is 9.47 Å². The maximum atomic E-state index is 12.5. The zero-order valence-electron chi connectivity index (χ0n) is 13.8. The summed E-state index contributed by atoms with van der Waals surface area (Å²) in [5, 5.41) is 17.0. The van der Waals surface area contributed by atoms with E-state index in [1.54, 1.807) is 11.0 Å². The molecule has 1 aromatic heterocycles. The SMILES string of the molecule is O=C(NCc1ccccc1Cn1cncn1)c1cc2c(cc1O)OCO2. The van der Waals surface area contributed by atoms with Crippen molar-refractivity contribution in [3.63, 3.8) is 0 Å². The van der Waals surface area contributed by atoms with Gasteiger partial charge in [0.25, 0.3) is 5.91 Å². The lowest BCUT2D eigenvalue weighted by Crippen LogP contribution is -2.23. The first-order valence-corrected chi connectivity index (χ1v) is 8.01. The summed E-state index contributed by atoms with van der Waals surface area (Å²) in [5.74, 6) is 0.329. The number of carbonyl (C=O) groups excluding carboxylic acids is 1. The highest BCUT2D eigenvalue weighted by Crippen LogP contribution is 2.37. The Bertz CT molecular complexity index is 940. The number of benzene rings is 2. The van der Waals surface area contributed by atoms with Gasteiger partial charge in [0, 0.05) is 18.7 Å². The highest BCUT2D eigenvalue weighted by Gasteiger charge is 2.20. The molecule has 8 nitrogen and oxygen atoms in total. The van der Waals surface area contributed by atoms with E-state index in [0.717, 1.165) is 11.1 Å². The van der Waals surface area contributed by atoms with E-state index in [2.05, 4.69) is 15.4 Å². The van der Waals surface area contributed by atoms with Gasteiger partial charge < -0.3 is 19.9 Å². The molecule has 1 amide bonds. The van der Waals surface area contributed by atoms with Crippen LogP contribution < -0.4 is 14.8 Å². The van der Waals surface area contributed by atoms with Gasteiger partial charge in [-0.1, -0.05) is 24.3 Å². The molecule has 1 aliphatic rings. The van der Waals surface area contributed by atoms with Crippen molar-refractivity contribution < 1.29 is 19.4 Å². The van der Waals surface area contributed by atoms with Gasteiger partial charge in [0.15, 0.2) is 11.5 Å². The monoisotopic (exact) mass is 352 g/mol. The lowest BCUT2D eigenvalue weighted by molar-refractivity contribution is 0.0947. The Morgan fingerprint density at radius 2 is 1.96 bits per heavy atom. The summed E-state index contributed by atoms with van der Waals surface area (Å²) < 4.78 is 12.2. The first-order valence-electron chi connectivity index (χ1n) is 8.01. The van der Waals surface area contributed by atoms with Crippen molar-refractivity contribution >= 4 is 5.91 Å². The fourth-order valence-corrected chi connectivity index (χ4v) is 2.76. The number of hydrogen-bond acceptors (Lipinski definition) is 6. The third-order valence-electron chi connectivity index (χ3n) is 4.09. The summed E-state index contributed by atoms with van der Waals surface area (Å²) in [6, 6.07) is 10.6. The van der Waals surface area contributed by atoms with Crippen LogP contribution in [0.2, 0.25) is 0 Å². The van der Waals surface area contributed by atoms with E-state index in [1.807, 2.05) is 24.3 Å². The largest absolute Gasteiger partial charge is 0.507 e. The molecule has 0 radical (unpaired) electrons. The molecule has 1 aliphatic heterocycles. The second-order valence-corrected chi connectivity index (χ2v) is 5.77. The van der Waals surface area contributed by atoms with Crippen molar-refractivity contribution in [3.05, 3.63) is 65.7 Å². The standard InChI is InChI=1S/C18H16N4O4/c23-15-6-17-16(25-11-26-17)5-14(15)18(24)20-7-12-3-1-2-4-13(12)8-22-10-19-9-21-22/h1-6,9-10,23H,7-8,11H2,(H,20,24). The van der Waals surface area contributed by atoms with Crippen LogP contribution in [0.1, 0.15) is 21.5 Å². The molecular formula is C18H16N4O4. The number of carbonyl (C=O) groups is 1. The molecular weight excluding hydrogens is 336 g/mol. The Morgan fingerprint density at radius 3 is 2.73 bits per heavy atom.